The molecule has 1 amide bonds. The number of nitrogens with one attached hydrogen (secondary N) is 2. The summed E-state index contributed by atoms with van der Waals surface area (Å²) in [6, 6.07) is 6.20. The van der Waals surface area contributed by atoms with Gasteiger partial charge in [-0.1, -0.05) is 11.6 Å². The van der Waals surface area contributed by atoms with Crippen molar-refractivity contribution in [1.82, 2.24) is 15.2 Å². The van der Waals surface area contributed by atoms with Crippen LogP contribution >= 0.6 is 11.6 Å². The summed E-state index contributed by atoms with van der Waals surface area (Å²) in [6.45, 7) is 4.80. The third-order valence-corrected chi connectivity index (χ3v) is 6.07. The minimum absolute atomic E-state index is 0.124. The normalized spacial score (nSPS) is 14.6. The lowest BCUT2D eigenvalue weighted by Crippen LogP contribution is -2.40. The maximum atomic E-state index is 12.4. The number of pyridine rings is 1. The average molecular weight is 477 g/mol. The minimum atomic E-state index is -0.516. The van der Waals surface area contributed by atoms with E-state index in [1.54, 1.807) is 19.1 Å². The van der Waals surface area contributed by atoms with E-state index in [2.05, 4.69) is 15.2 Å². The fourth-order valence-corrected chi connectivity index (χ4v) is 3.90. The van der Waals surface area contributed by atoms with Crippen molar-refractivity contribution in [2.45, 2.75) is 19.8 Å². The van der Waals surface area contributed by atoms with Crippen molar-refractivity contribution in [3.05, 3.63) is 56.5 Å². The fourth-order valence-electron chi connectivity index (χ4n) is 3.74. The van der Waals surface area contributed by atoms with Crippen LogP contribution < -0.4 is 21.3 Å². The van der Waals surface area contributed by atoms with Crippen molar-refractivity contribution in [2.75, 3.05) is 45.6 Å². The Bertz CT molecular complexity index is 1060. The molecule has 10 heteroatoms. The van der Waals surface area contributed by atoms with Crippen molar-refractivity contribution in [3.8, 4) is 5.75 Å². The minimum Gasteiger partial charge on any atom is -0.496 e. The first-order chi connectivity index (χ1) is 15.8. The molecule has 0 radical (unpaired) electrons. The highest BCUT2D eigenvalue weighted by molar-refractivity contribution is 6.33. The van der Waals surface area contributed by atoms with E-state index in [9.17, 15) is 14.4 Å². The van der Waals surface area contributed by atoms with E-state index in [1.165, 1.54) is 19.2 Å². The van der Waals surface area contributed by atoms with Gasteiger partial charge in [-0.2, -0.15) is 0 Å². The first-order valence-electron chi connectivity index (χ1n) is 10.8. The van der Waals surface area contributed by atoms with Crippen LogP contribution in [0.4, 0.5) is 5.69 Å². The Hall–Kier alpha value is -3.04. The second kappa shape index (κ2) is 11.2. The number of halogens is 1. The molecule has 2 aromatic rings. The molecule has 0 bridgehead atoms. The number of H-pyrrole nitrogens is 1. The van der Waals surface area contributed by atoms with E-state index < -0.39 is 5.97 Å². The van der Waals surface area contributed by atoms with E-state index in [-0.39, 0.29) is 34.2 Å². The Kier molecular flexibility index (Phi) is 8.35. The van der Waals surface area contributed by atoms with Crippen LogP contribution in [-0.2, 0) is 4.74 Å². The number of rotatable bonds is 8. The fraction of sp³-hybridized carbons (Fsp3) is 0.435. The molecule has 0 unspecified atom stereocenters. The maximum absolute atomic E-state index is 12.4. The van der Waals surface area contributed by atoms with Crippen molar-refractivity contribution >= 4 is 29.2 Å². The second-order valence-electron chi connectivity index (χ2n) is 8.09. The number of aryl methyl sites for hydroxylation is 1. The zero-order chi connectivity index (χ0) is 24.0. The zero-order valence-electron chi connectivity index (χ0n) is 18.8. The number of nitrogens with two attached hydrogens (primary N) is 1. The summed E-state index contributed by atoms with van der Waals surface area (Å²) < 4.78 is 10.6. The second-order valence-corrected chi connectivity index (χ2v) is 8.50. The first kappa shape index (κ1) is 24.6. The number of benzene rings is 1. The predicted octanol–water partition coefficient (Wildman–Crippen LogP) is 2.23. The van der Waals surface area contributed by atoms with Crippen molar-refractivity contribution in [1.29, 1.82) is 0 Å². The van der Waals surface area contributed by atoms with Crippen LogP contribution in [0, 0.1) is 12.8 Å². The number of piperidine rings is 1. The molecule has 0 atom stereocenters. The molecule has 0 aliphatic carbocycles. The molecular formula is C23H29ClN4O5. The van der Waals surface area contributed by atoms with E-state index in [0.717, 1.165) is 25.9 Å². The Morgan fingerprint density at radius 3 is 2.64 bits per heavy atom. The number of hydrogen-bond acceptors (Lipinski definition) is 7. The molecule has 1 aliphatic rings. The van der Waals surface area contributed by atoms with Crippen molar-refractivity contribution in [3.63, 3.8) is 0 Å². The zero-order valence-corrected chi connectivity index (χ0v) is 19.5. The molecule has 3 rings (SSSR count). The quantitative estimate of drug-likeness (QED) is 0.394. The van der Waals surface area contributed by atoms with Crippen LogP contribution in [0.1, 0.15) is 39.3 Å². The van der Waals surface area contributed by atoms with Gasteiger partial charge in [0, 0.05) is 24.8 Å². The molecule has 1 fully saturated rings. The third-order valence-electron chi connectivity index (χ3n) is 5.74. The Labute approximate surface area is 197 Å². The van der Waals surface area contributed by atoms with Gasteiger partial charge < -0.3 is 25.5 Å². The van der Waals surface area contributed by atoms with Gasteiger partial charge in [-0.25, -0.2) is 4.79 Å². The molecule has 4 N–H and O–H groups in total. The predicted molar refractivity (Wildman–Crippen MR) is 126 cm³/mol. The van der Waals surface area contributed by atoms with Crippen LogP contribution in [0.3, 0.4) is 0 Å². The van der Waals surface area contributed by atoms with E-state index in [0.29, 0.717) is 36.1 Å². The standard InChI is InChI=1S/C23H29ClN4O5/c1-14-3-4-16(22(30)27-14)21(29)26-13-15-5-7-28(8-6-15)9-10-33-23(31)17-11-18(24)19(25)12-20(17)32-2/h3-4,11-12,15H,5-10,13,25H2,1-2H3,(H,26,29)(H,27,30). The van der Waals surface area contributed by atoms with Gasteiger partial charge in [-0.05, 0) is 57.0 Å². The molecule has 1 saturated heterocycles. The topological polar surface area (TPSA) is 127 Å². The van der Waals surface area contributed by atoms with Gasteiger partial charge in [0.1, 0.15) is 23.5 Å². The number of esters is 1. The Morgan fingerprint density at radius 1 is 1.24 bits per heavy atom. The number of amides is 1. The van der Waals surface area contributed by atoms with E-state index in [4.69, 9.17) is 26.8 Å². The molecule has 0 saturated carbocycles. The van der Waals surface area contributed by atoms with E-state index in [1.807, 2.05) is 0 Å². The smallest absolute Gasteiger partial charge is 0.342 e. The monoisotopic (exact) mass is 476 g/mol. The molecule has 9 nitrogen and oxygen atoms in total. The number of aromatic nitrogens is 1. The summed E-state index contributed by atoms with van der Waals surface area (Å²) in [5.41, 5.74) is 6.77. The van der Waals surface area contributed by atoms with Gasteiger partial charge in [0.2, 0.25) is 0 Å². The number of aromatic amines is 1. The number of likely N-dealkylation sites (tertiary alicyclic amines) is 1. The van der Waals surface area contributed by atoms with Gasteiger partial charge in [-0.3, -0.25) is 14.5 Å². The molecular weight excluding hydrogens is 448 g/mol. The highest BCUT2D eigenvalue weighted by Crippen LogP contribution is 2.29. The van der Waals surface area contributed by atoms with Crippen LogP contribution in [0.2, 0.25) is 5.02 Å². The number of nitrogens with zero attached hydrogens (tertiary/aromatic N) is 1. The molecule has 33 heavy (non-hydrogen) atoms. The lowest BCUT2D eigenvalue weighted by Gasteiger charge is -2.31. The van der Waals surface area contributed by atoms with Crippen LogP contribution in [-0.4, -0.2) is 61.7 Å². The SMILES string of the molecule is COc1cc(N)c(Cl)cc1C(=O)OCCN1CCC(CNC(=O)c2ccc(C)[nH]c2=O)CC1. The molecule has 2 heterocycles. The van der Waals surface area contributed by atoms with Gasteiger partial charge in [0.05, 0.1) is 17.8 Å². The van der Waals surface area contributed by atoms with Gasteiger partial charge in [0.25, 0.3) is 11.5 Å². The largest absolute Gasteiger partial charge is 0.496 e. The van der Waals surface area contributed by atoms with Crippen LogP contribution in [0.15, 0.2) is 29.1 Å². The van der Waals surface area contributed by atoms with Gasteiger partial charge in [0.15, 0.2) is 0 Å². The average Bonchev–Trinajstić information content (AvgIpc) is 2.79. The van der Waals surface area contributed by atoms with Crippen molar-refractivity contribution in [2.24, 2.45) is 5.92 Å². The Balaban J connectivity index is 1.39. The van der Waals surface area contributed by atoms with Crippen molar-refractivity contribution < 1.29 is 19.1 Å². The number of carbonyl (C=O) groups excluding carboxylic acids is 2. The molecule has 1 aliphatic heterocycles. The van der Waals surface area contributed by atoms with Gasteiger partial charge >= 0.3 is 5.97 Å². The number of nitrogen functional groups attached to an aromatic ring is 1. The third kappa shape index (κ3) is 6.49. The maximum Gasteiger partial charge on any atom is 0.342 e. The highest BCUT2D eigenvalue weighted by Gasteiger charge is 2.21. The molecule has 1 aromatic heterocycles. The number of hydrogen-bond donors (Lipinski definition) is 3. The summed E-state index contributed by atoms with van der Waals surface area (Å²) in [6.07, 6.45) is 1.81. The van der Waals surface area contributed by atoms with E-state index >= 15 is 0 Å². The summed E-state index contributed by atoms with van der Waals surface area (Å²) in [5.74, 6) is -0.225. The number of methoxy groups -OCH3 is 1. The summed E-state index contributed by atoms with van der Waals surface area (Å²) in [7, 11) is 1.45. The highest BCUT2D eigenvalue weighted by atomic mass is 35.5. The lowest BCUT2D eigenvalue weighted by atomic mass is 9.96. The molecule has 0 spiro atoms. The first-order valence-corrected chi connectivity index (χ1v) is 11.2. The molecule has 178 valence electrons. The molecule has 1 aromatic carbocycles. The number of carbonyl (C=O) groups is 2. The summed E-state index contributed by atoms with van der Waals surface area (Å²) >= 11 is 6.01. The van der Waals surface area contributed by atoms with Crippen LogP contribution in [0.25, 0.3) is 0 Å². The Morgan fingerprint density at radius 2 is 1.97 bits per heavy atom. The van der Waals surface area contributed by atoms with Gasteiger partial charge in [-0.15, -0.1) is 0 Å². The van der Waals surface area contributed by atoms with Crippen LogP contribution in [0.5, 0.6) is 5.75 Å². The summed E-state index contributed by atoms with van der Waals surface area (Å²) in [4.78, 5) is 41.4. The number of ether oxygens (including phenoxy) is 2. The summed E-state index contributed by atoms with van der Waals surface area (Å²) in [5, 5.41) is 3.13. The number of anilines is 1. The lowest BCUT2D eigenvalue weighted by molar-refractivity contribution is 0.0438.